The zero-order chi connectivity index (χ0) is 62.8. The SMILES string of the molecule is C=C.C=CC(=O)OC1CCc2cc3c(cc2C1=O)OCc1cc(C(=O)COC(C)=O)ccc1-3.C=CC1=Nc2ccc3cc4c(cc3c2C1)OCc1cc(-c2cnc(C)[nH]2)ccc1-4.CC(=O)OCC(=O)c1ccc2c(c1)COc1cc3c(cc1-2)CCC(Br)C3=O. The predicted molar refractivity (Wildman–Crippen MR) is 341 cm³/mol. The van der Waals surface area contributed by atoms with E-state index in [1.165, 1.54) is 41.3 Å². The lowest BCUT2D eigenvalue weighted by molar-refractivity contribution is -0.141. The zero-order valence-electron chi connectivity index (χ0n) is 49.2. The van der Waals surface area contributed by atoms with Crippen LogP contribution in [0.2, 0.25) is 0 Å². The summed E-state index contributed by atoms with van der Waals surface area (Å²) >= 11 is 3.43. The van der Waals surface area contributed by atoms with E-state index in [9.17, 15) is 33.6 Å². The normalized spacial score (nSPS) is 15.5. The summed E-state index contributed by atoms with van der Waals surface area (Å²) in [6.07, 6.45) is 7.37. The van der Waals surface area contributed by atoms with Crippen molar-refractivity contribution in [2.45, 2.75) is 83.6 Å². The lowest BCUT2D eigenvalue weighted by atomic mass is 9.84. The van der Waals surface area contributed by atoms with Crippen molar-refractivity contribution in [3.8, 4) is 61.9 Å². The molecule has 5 heterocycles. The number of hydrogen-bond acceptors (Lipinski definition) is 15. The van der Waals surface area contributed by atoms with Gasteiger partial charge in [0.15, 0.2) is 36.7 Å². The Balaban J connectivity index is 0.000000136. The molecule has 2 atom stereocenters. The van der Waals surface area contributed by atoms with E-state index in [-0.39, 0.29) is 47.8 Å². The van der Waals surface area contributed by atoms with E-state index in [0.717, 1.165) is 115 Å². The van der Waals surface area contributed by atoms with Gasteiger partial charge in [0.2, 0.25) is 5.78 Å². The number of carbonyl (C=O) groups is 7. The number of hydrogen-bond donors (Lipinski definition) is 1. The van der Waals surface area contributed by atoms with Crippen molar-refractivity contribution in [3.63, 3.8) is 0 Å². The molecule has 0 bridgehead atoms. The number of H-pyrrole nitrogens is 1. The number of carbonyl (C=O) groups excluding carboxylic acids is 7. The summed E-state index contributed by atoms with van der Waals surface area (Å²) in [4.78, 5) is 95.1. The number of ketones is 4. The Morgan fingerprint density at radius 1 is 0.629 bits per heavy atom. The van der Waals surface area contributed by atoms with Crippen molar-refractivity contribution in [2.75, 3.05) is 13.2 Å². The number of nitrogens with zero attached hydrogens (tertiary/aromatic N) is 2. The molecule has 0 amide bonds. The molecule has 0 spiro atoms. The van der Waals surface area contributed by atoms with Gasteiger partial charge >= 0.3 is 17.9 Å². The molecule has 1 N–H and O–H groups in total. The van der Waals surface area contributed by atoms with Gasteiger partial charge in [0.25, 0.3) is 0 Å². The monoisotopic (exact) mass is 1250 g/mol. The van der Waals surface area contributed by atoms with E-state index in [1.54, 1.807) is 30.3 Å². The molecular formula is C72H60BrN3O13. The maximum Gasteiger partial charge on any atom is 0.330 e. The zero-order valence-corrected chi connectivity index (χ0v) is 50.8. The Morgan fingerprint density at radius 3 is 1.72 bits per heavy atom. The highest BCUT2D eigenvalue weighted by Gasteiger charge is 2.34. The second-order valence-corrected chi connectivity index (χ2v) is 22.9. The minimum atomic E-state index is -0.822. The van der Waals surface area contributed by atoms with Gasteiger partial charge in [0.1, 0.15) is 42.9 Å². The molecule has 8 aromatic rings. The number of benzene rings is 7. The summed E-state index contributed by atoms with van der Waals surface area (Å²) < 4.78 is 32.6. The maximum atomic E-state index is 12.8. The molecule has 0 saturated carbocycles. The number of imidazole rings is 1. The molecule has 6 aliphatic rings. The van der Waals surface area contributed by atoms with Gasteiger partial charge in [-0.05, 0) is 166 Å². The largest absolute Gasteiger partial charge is 0.488 e. The standard InChI is InChI=1S/C25H19N3O.C24H20O7.C21H17BrO5.C2H4/c1-3-18-10-21-20-11-25-22(9-15(20)5-7-23(21)28-18)19-6-4-16(8-17(19)13-29-25)24-12-26-14(2)27-24;1-3-23(27)31-21-7-5-14-9-19-17-6-4-15(20(26)12-29-13(2)25)8-16(17)11-30-22(19)10-18(14)24(21)28;1-11(23)26-10-19(24)13-2-4-15-14(6-13)9-27-20-8-16-12(7-17(15)20)3-5-18(22)21(16)25;1-2/h3-9,11-12H,1,10,13H2,2H3,(H,26,27);3-4,6,8-10,21H,1,5,7,11-12H2,2H3;2,4,6-8,18H,3,5,9-10H2,1H3;1-2H2. The second kappa shape index (κ2) is 25.7. The average molecular weight is 1260 g/mol. The topological polar surface area (TPSA) is 216 Å². The number of allylic oxidation sites excluding steroid dienone is 1. The third-order valence-electron chi connectivity index (χ3n) is 16.2. The van der Waals surface area contributed by atoms with Crippen molar-refractivity contribution in [1.29, 1.82) is 0 Å². The fraction of sp³-hybridized carbons (Fsp3) is 0.208. The fourth-order valence-electron chi connectivity index (χ4n) is 11.7. The number of fused-ring (bicyclic) bond motifs is 14. The smallest absolute Gasteiger partial charge is 0.330 e. The van der Waals surface area contributed by atoms with Crippen molar-refractivity contribution in [2.24, 2.45) is 4.99 Å². The molecule has 1 aromatic heterocycles. The number of alkyl halides is 1. The third kappa shape index (κ3) is 12.4. The van der Waals surface area contributed by atoms with Crippen LogP contribution < -0.4 is 14.2 Å². The second-order valence-electron chi connectivity index (χ2n) is 21.8. The van der Waals surface area contributed by atoms with Gasteiger partial charge < -0.3 is 33.4 Å². The van der Waals surface area contributed by atoms with Crippen LogP contribution in [-0.2, 0) is 67.7 Å². The molecule has 4 aliphatic heterocycles. The molecule has 0 fully saturated rings. The quantitative estimate of drug-likeness (QED) is 0.0337. The summed E-state index contributed by atoms with van der Waals surface area (Å²) in [5, 5.41) is 2.43. The van der Waals surface area contributed by atoms with Crippen molar-refractivity contribution < 1.29 is 62.0 Å². The Hall–Kier alpha value is -10.1. The van der Waals surface area contributed by atoms with Gasteiger partial charge in [-0.1, -0.05) is 71.6 Å². The Bertz CT molecular complexity index is 4360. The number of aromatic amines is 1. The van der Waals surface area contributed by atoms with Crippen LogP contribution in [0.1, 0.15) is 107 Å². The third-order valence-corrected chi connectivity index (χ3v) is 17.0. The highest BCUT2D eigenvalue weighted by Crippen LogP contribution is 2.46. The average Bonchev–Trinajstić information content (AvgIpc) is 2.69. The van der Waals surface area contributed by atoms with E-state index in [0.29, 0.717) is 54.2 Å². The highest BCUT2D eigenvalue weighted by molar-refractivity contribution is 9.10. The summed E-state index contributed by atoms with van der Waals surface area (Å²) in [7, 11) is 0. The maximum absolute atomic E-state index is 12.8. The highest BCUT2D eigenvalue weighted by atomic mass is 79.9. The van der Waals surface area contributed by atoms with Crippen LogP contribution in [0.4, 0.5) is 5.69 Å². The molecule has 0 radical (unpaired) electrons. The van der Waals surface area contributed by atoms with Crippen LogP contribution >= 0.6 is 15.9 Å². The van der Waals surface area contributed by atoms with Crippen LogP contribution in [0.15, 0.2) is 153 Å². The number of ether oxygens (including phenoxy) is 6. The van der Waals surface area contributed by atoms with E-state index < -0.39 is 24.0 Å². The van der Waals surface area contributed by atoms with E-state index in [4.69, 9.17) is 28.4 Å². The van der Waals surface area contributed by atoms with Crippen molar-refractivity contribution in [3.05, 3.63) is 209 Å². The number of nitrogens with one attached hydrogen (secondary N) is 1. The van der Waals surface area contributed by atoms with Gasteiger partial charge in [-0.2, -0.15) is 0 Å². The van der Waals surface area contributed by atoms with Crippen LogP contribution in [0.25, 0.3) is 55.4 Å². The Kier molecular flexibility index (Phi) is 17.5. The number of halogens is 1. The van der Waals surface area contributed by atoms with Gasteiger partial charge in [-0.15, -0.1) is 13.2 Å². The van der Waals surface area contributed by atoms with Crippen LogP contribution in [0, 0.1) is 6.92 Å². The lowest BCUT2D eigenvalue weighted by Gasteiger charge is -2.27. The van der Waals surface area contributed by atoms with Gasteiger partial charge in [0.05, 0.1) is 22.4 Å². The first-order chi connectivity index (χ1) is 43.0. The first-order valence-electron chi connectivity index (χ1n) is 28.8. The Labute approximate surface area is 521 Å². The molecular weight excluding hydrogens is 1190 g/mol. The molecule has 14 rings (SSSR count). The number of Topliss-reactive ketones (excluding diaryl/α,β-unsaturated/α-hetero) is 4. The molecule has 2 aliphatic carbocycles. The number of rotatable bonds is 10. The van der Waals surface area contributed by atoms with E-state index >= 15 is 0 Å². The molecule has 448 valence electrons. The van der Waals surface area contributed by atoms with E-state index in [1.807, 2.05) is 49.5 Å². The van der Waals surface area contributed by atoms with Crippen molar-refractivity contribution >= 4 is 79.1 Å². The minimum absolute atomic E-state index is 0.0971. The van der Waals surface area contributed by atoms with Crippen LogP contribution in [0.3, 0.4) is 0 Å². The van der Waals surface area contributed by atoms with E-state index in [2.05, 4.69) is 99.7 Å². The molecule has 16 nitrogen and oxygen atoms in total. The summed E-state index contributed by atoms with van der Waals surface area (Å²) in [5.41, 5.74) is 18.5. The molecule has 0 saturated heterocycles. The van der Waals surface area contributed by atoms with Crippen molar-refractivity contribution in [1.82, 2.24) is 9.97 Å². The molecule has 2 unspecified atom stereocenters. The van der Waals surface area contributed by atoms with Crippen LogP contribution in [0.5, 0.6) is 17.2 Å². The van der Waals surface area contributed by atoms with Gasteiger partial charge in [0, 0.05) is 71.0 Å². The first kappa shape index (κ1) is 60.6. The first-order valence-corrected chi connectivity index (χ1v) is 29.7. The molecule has 17 heteroatoms. The fourth-order valence-corrected chi connectivity index (χ4v) is 12.2. The predicted octanol–water partition coefficient (Wildman–Crippen LogP) is 13.8. The minimum Gasteiger partial charge on any atom is -0.488 e. The number of esters is 3. The lowest BCUT2D eigenvalue weighted by Crippen LogP contribution is -2.32. The number of aryl methyl sites for hydroxylation is 3. The number of aromatic nitrogens is 2. The van der Waals surface area contributed by atoms with Crippen LogP contribution in [-0.4, -0.2) is 80.9 Å². The molecule has 7 aromatic carbocycles. The number of aliphatic imine (C=N–C) groups is 1. The Morgan fingerprint density at radius 2 is 1.17 bits per heavy atom. The summed E-state index contributed by atoms with van der Waals surface area (Å²) in [6, 6.07) is 33.4. The van der Waals surface area contributed by atoms with Gasteiger partial charge in [-0.25, -0.2) is 9.78 Å². The van der Waals surface area contributed by atoms with Gasteiger partial charge in [-0.3, -0.25) is 33.8 Å². The molecule has 89 heavy (non-hydrogen) atoms. The summed E-state index contributed by atoms with van der Waals surface area (Å²) in [6.45, 7) is 18.3. The summed E-state index contributed by atoms with van der Waals surface area (Å²) in [5.74, 6) is 0.803.